The van der Waals surface area contributed by atoms with Gasteiger partial charge in [0.25, 0.3) is 0 Å². The van der Waals surface area contributed by atoms with E-state index in [1.807, 2.05) is 24.3 Å². The summed E-state index contributed by atoms with van der Waals surface area (Å²) in [4.78, 5) is 11.9. The van der Waals surface area contributed by atoms with E-state index >= 15 is 0 Å². The van der Waals surface area contributed by atoms with Crippen molar-refractivity contribution in [3.63, 3.8) is 0 Å². The number of hydrogen-bond acceptors (Lipinski definition) is 2. The minimum absolute atomic E-state index is 0.235. The highest BCUT2D eigenvalue weighted by Crippen LogP contribution is 2.20. The second kappa shape index (κ2) is 6.40. The summed E-state index contributed by atoms with van der Waals surface area (Å²) in [7, 11) is 6.24. The van der Waals surface area contributed by atoms with Crippen LogP contribution in [0.3, 0.4) is 0 Å². The maximum absolute atomic E-state index is 11.9. The molecule has 0 unspecified atom stereocenters. The number of nitrogens with zero attached hydrogens (tertiary/aromatic N) is 1. The van der Waals surface area contributed by atoms with Gasteiger partial charge in [0.15, 0.2) is 0 Å². The zero-order valence-electron chi connectivity index (χ0n) is 13.7. The van der Waals surface area contributed by atoms with Crippen molar-refractivity contribution in [2.75, 3.05) is 34.3 Å². The van der Waals surface area contributed by atoms with Crippen LogP contribution in [0.15, 0.2) is 24.3 Å². The van der Waals surface area contributed by atoms with E-state index in [1.165, 1.54) is 5.56 Å². The molecule has 0 amide bonds. The lowest BCUT2D eigenvalue weighted by atomic mass is 9.88. The SMILES string of the molecule is CC(C)(C)Cc1ccc(C(=O)OCC[N+](C)(C)C)cc1. The quantitative estimate of drug-likeness (QED) is 0.611. The number of ether oxygens (including phenoxy) is 1. The predicted octanol–water partition coefficient (Wildman–Crippen LogP) is 3.14. The van der Waals surface area contributed by atoms with Gasteiger partial charge in [0.1, 0.15) is 13.2 Å². The van der Waals surface area contributed by atoms with Gasteiger partial charge in [-0.05, 0) is 29.5 Å². The van der Waals surface area contributed by atoms with Crippen LogP contribution in [-0.2, 0) is 11.2 Å². The topological polar surface area (TPSA) is 26.3 Å². The molecule has 1 aromatic carbocycles. The van der Waals surface area contributed by atoms with Crippen molar-refractivity contribution >= 4 is 5.97 Å². The van der Waals surface area contributed by atoms with Crippen LogP contribution >= 0.6 is 0 Å². The Kier molecular flexibility index (Phi) is 5.35. The first kappa shape index (κ1) is 16.7. The average molecular weight is 278 g/mol. The number of carbonyl (C=O) groups is 1. The minimum atomic E-state index is -0.235. The van der Waals surface area contributed by atoms with E-state index in [2.05, 4.69) is 41.9 Å². The second-order valence-corrected chi connectivity index (χ2v) is 7.58. The molecule has 0 aliphatic carbocycles. The first-order chi connectivity index (χ1) is 9.07. The second-order valence-electron chi connectivity index (χ2n) is 7.58. The van der Waals surface area contributed by atoms with Gasteiger partial charge in [-0.15, -0.1) is 0 Å². The molecule has 0 fully saturated rings. The summed E-state index contributed by atoms with van der Waals surface area (Å²) in [6.45, 7) is 7.89. The van der Waals surface area contributed by atoms with Gasteiger partial charge in [0.05, 0.1) is 26.7 Å². The third-order valence-electron chi connectivity index (χ3n) is 2.92. The Morgan fingerprint density at radius 1 is 1.10 bits per heavy atom. The first-order valence-corrected chi connectivity index (χ1v) is 7.13. The van der Waals surface area contributed by atoms with Crippen LogP contribution in [0.2, 0.25) is 0 Å². The fraction of sp³-hybridized carbons (Fsp3) is 0.588. The Morgan fingerprint density at radius 2 is 1.65 bits per heavy atom. The molecule has 0 heterocycles. The number of esters is 1. The fourth-order valence-electron chi connectivity index (χ4n) is 1.87. The van der Waals surface area contributed by atoms with Gasteiger partial charge in [-0.2, -0.15) is 0 Å². The lowest BCUT2D eigenvalue weighted by molar-refractivity contribution is -0.870. The maximum Gasteiger partial charge on any atom is 0.338 e. The third-order valence-corrected chi connectivity index (χ3v) is 2.92. The molecule has 0 spiro atoms. The molecule has 0 aliphatic heterocycles. The molecule has 0 atom stereocenters. The molecule has 20 heavy (non-hydrogen) atoms. The Hall–Kier alpha value is -1.35. The van der Waals surface area contributed by atoms with Crippen molar-refractivity contribution < 1.29 is 14.0 Å². The van der Waals surface area contributed by atoms with Crippen LogP contribution in [0.5, 0.6) is 0 Å². The molecular formula is C17H28NO2+. The van der Waals surface area contributed by atoms with Crippen molar-refractivity contribution in [2.24, 2.45) is 5.41 Å². The molecule has 0 aromatic heterocycles. The Bertz CT molecular complexity index is 436. The maximum atomic E-state index is 11.9. The Morgan fingerprint density at radius 3 is 2.10 bits per heavy atom. The summed E-state index contributed by atoms with van der Waals surface area (Å²) >= 11 is 0. The molecule has 0 bridgehead atoms. The zero-order valence-corrected chi connectivity index (χ0v) is 13.7. The van der Waals surface area contributed by atoms with E-state index in [0.29, 0.717) is 12.2 Å². The molecule has 0 aliphatic rings. The fourth-order valence-corrected chi connectivity index (χ4v) is 1.87. The zero-order chi connectivity index (χ0) is 15.4. The lowest BCUT2D eigenvalue weighted by Crippen LogP contribution is -2.38. The number of benzene rings is 1. The van der Waals surface area contributed by atoms with Crippen molar-refractivity contribution in [3.8, 4) is 0 Å². The van der Waals surface area contributed by atoms with E-state index in [-0.39, 0.29) is 11.4 Å². The number of quaternary nitrogens is 1. The summed E-state index contributed by atoms with van der Waals surface area (Å²) in [5.74, 6) is -0.235. The van der Waals surface area contributed by atoms with Crippen LogP contribution in [0, 0.1) is 5.41 Å². The van der Waals surface area contributed by atoms with Gasteiger partial charge in [-0.1, -0.05) is 32.9 Å². The smallest absolute Gasteiger partial charge is 0.338 e. The lowest BCUT2D eigenvalue weighted by Gasteiger charge is -2.23. The van der Waals surface area contributed by atoms with E-state index in [1.54, 1.807) is 0 Å². The van der Waals surface area contributed by atoms with Gasteiger partial charge < -0.3 is 9.22 Å². The van der Waals surface area contributed by atoms with Crippen molar-refractivity contribution in [1.29, 1.82) is 0 Å². The molecule has 0 saturated carbocycles. The highest BCUT2D eigenvalue weighted by molar-refractivity contribution is 5.89. The van der Waals surface area contributed by atoms with Crippen LogP contribution < -0.4 is 0 Å². The highest BCUT2D eigenvalue weighted by atomic mass is 16.5. The van der Waals surface area contributed by atoms with E-state index in [9.17, 15) is 4.79 Å². The van der Waals surface area contributed by atoms with Gasteiger partial charge in [-0.25, -0.2) is 4.79 Å². The average Bonchev–Trinajstić information content (AvgIpc) is 2.25. The Labute approximate surface area is 123 Å². The van der Waals surface area contributed by atoms with Crippen LogP contribution in [0.1, 0.15) is 36.7 Å². The molecule has 0 radical (unpaired) electrons. The predicted molar refractivity (Wildman–Crippen MR) is 82.8 cm³/mol. The van der Waals surface area contributed by atoms with Crippen LogP contribution in [0.4, 0.5) is 0 Å². The summed E-state index contributed by atoms with van der Waals surface area (Å²) in [5.41, 5.74) is 2.14. The van der Waals surface area contributed by atoms with Crippen molar-refractivity contribution in [1.82, 2.24) is 0 Å². The summed E-state index contributed by atoms with van der Waals surface area (Å²) in [5, 5.41) is 0. The van der Waals surface area contributed by atoms with Crippen molar-refractivity contribution in [2.45, 2.75) is 27.2 Å². The minimum Gasteiger partial charge on any atom is -0.456 e. The largest absolute Gasteiger partial charge is 0.456 e. The van der Waals surface area contributed by atoms with Gasteiger partial charge >= 0.3 is 5.97 Å². The third kappa shape index (κ3) is 6.71. The number of rotatable bonds is 5. The van der Waals surface area contributed by atoms with E-state index < -0.39 is 0 Å². The highest BCUT2D eigenvalue weighted by Gasteiger charge is 2.13. The molecule has 3 heteroatoms. The number of likely N-dealkylation sites (N-methyl/N-ethyl adjacent to an activating group) is 1. The Balaban J connectivity index is 2.54. The molecule has 1 rings (SSSR count). The summed E-state index contributed by atoms with van der Waals surface area (Å²) in [6, 6.07) is 7.74. The van der Waals surface area contributed by atoms with E-state index in [4.69, 9.17) is 4.74 Å². The van der Waals surface area contributed by atoms with E-state index in [0.717, 1.165) is 17.4 Å². The molecular weight excluding hydrogens is 250 g/mol. The molecule has 1 aromatic rings. The van der Waals surface area contributed by atoms with Gasteiger partial charge in [0.2, 0.25) is 0 Å². The van der Waals surface area contributed by atoms with Crippen molar-refractivity contribution in [3.05, 3.63) is 35.4 Å². The van der Waals surface area contributed by atoms with Crippen LogP contribution in [0.25, 0.3) is 0 Å². The summed E-state index contributed by atoms with van der Waals surface area (Å²) < 4.78 is 6.08. The number of hydrogen-bond donors (Lipinski definition) is 0. The monoisotopic (exact) mass is 278 g/mol. The van der Waals surface area contributed by atoms with Crippen LogP contribution in [-0.4, -0.2) is 44.7 Å². The molecule has 112 valence electrons. The first-order valence-electron chi connectivity index (χ1n) is 7.13. The number of carbonyl (C=O) groups excluding carboxylic acids is 1. The van der Waals surface area contributed by atoms with Gasteiger partial charge in [-0.3, -0.25) is 0 Å². The molecule has 3 nitrogen and oxygen atoms in total. The summed E-state index contributed by atoms with van der Waals surface area (Å²) in [6.07, 6.45) is 1.00. The standard InChI is InChI=1S/C17H28NO2/c1-17(2,3)13-14-7-9-15(10-8-14)16(19)20-12-11-18(4,5)6/h7-10H,11-13H2,1-6H3/q+1. The molecule has 0 saturated heterocycles. The normalized spacial score (nSPS) is 12.3. The molecule has 0 N–H and O–H groups in total. The van der Waals surface area contributed by atoms with Gasteiger partial charge in [0, 0.05) is 0 Å².